The van der Waals surface area contributed by atoms with E-state index in [-0.39, 0.29) is 11.8 Å². The monoisotopic (exact) mass is 278 g/mol. The molecule has 0 aromatic heterocycles. The van der Waals surface area contributed by atoms with Crippen molar-refractivity contribution in [3.05, 3.63) is 0 Å². The van der Waals surface area contributed by atoms with Crippen LogP contribution in [0.5, 0.6) is 0 Å². The Hall–Kier alpha value is -1.04. The molecule has 114 valence electrons. The number of amides is 1. The van der Waals surface area contributed by atoms with E-state index in [0.29, 0.717) is 18.9 Å². The zero-order valence-electron chi connectivity index (χ0n) is 13.2. The van der Waals surface area contributed by atoms with Crippen LogP contribution in [0.15, 0.2) is 0 Å². The smallest absolute Gasteiger partial charge is 0.222 e. The Balaban J connectivity index is 2.22. The Labute approximate surface area is 124 Å². The van der Waals surface area contributed by atoms with Crippen molar-refractivity contribution in [2.75, 3.05) is 13.1 Å². The number of hydrogen-bond donors (Lipinski definition) is 0. The number of carbonyl (C=O) groups excluding carboxylic acids is 1. The van der Waals surface area contributed by atoms with Crippen molar-refractivity contribution in [3.63, 3.8) is 0 Å². The molecule has 3 nitrogen and oxygen atoms in total. The van der Waals surface area contributed by atoms with E-state index in [1.165, 1.54) is 38.5 Å². The predicted molar refractivity (Wildman–Crippen MR) is 82.1 cm³/mol. The van der Waals surface area contributed by atoms with Gasteiger partial charge in [-0.05, 0) is 18.8 Å². The summed E-state index contributed by atoms with van der Waals surface area (Å²) in [5, 5.41) is 8.89. The Morgan fingerprint density at radius 2 is 2.05 bits per heavy atom. The average Bonchev–Trinajstić information content (AvgIpc) is 2.94. The van der Waals surface area contributed by atoms with Gasteiger partial charge in [0.25, 0.3) is 0 Å². The summed E-state index contributed by atoms with van der Waals surface area (Å²) < 4.78 is 0. The maximum absolute atomic E-state index is 12.2. The maximum Gasteiger partial charge on any atom is 0.222 e. The van der Waals surface area contributed by atoms with Crippen LogP contribution < -0.4 is 0 Å². The summed E-state index contributed by atoms with van der Waals surface area (Å²) in [5.74, 6) is 0.862. The normalized spacial score (nSPS) is 19.9. The molecular formula is C17H30N2O. The number of carbonyl (C=O) groups is 1. The molecule has 1 saturated heterocycles. The fourth-order valence-corrected chi connectivity index (χ4v) is 2.96. The molecule has 1 fully saturated rings. The molecule has 0 radical (unpaired) electrons. The number of rotatable bonds is 9. The van der Waals surface area contributed by atoms with Crippen molar-refractivity contribution >= 4 is 5.91 Å². The van der Waals surface area contributed by atoms with Crippen LogP contribution in [0.1, 0.15) is 71.6 Å². The highest BCUT2D eigenvalue weighted by Gasteiger charge is 2.26. The molecule has 20 heavy (non-hydrogen) atoms. The fraction of sp³-hybridized carbons (Fsp3) is 0.882. The second-order valence-corrected chi connectivity index (χ2v) is 6.14. The third kappa shape index (κ3) is 5.94. The molecule has 1 aliphatic rings. The van der Waals surface area contributed by atoms with E-state index in [9.17, 15) is 4.79 Å². The van der Waals surface area contributed by atoms with E-state index < -0.39 is 0 Å². The van der Waals surface area contributed by atoms with Crippen molar-refractivity contribution in [1.29, 1.82) is 5.26 Å². The Morgan fingerprint density at radius 3 is 2.65 bits per heavy atom. The van der Waals surface area contributed by atoms with E-state index in [0.717, 1.165) is 19.4 Å². The third-order valence-corrected chi connectivity index (χ3v) is 4.48. The van der Waals surface area contributed by atoms with E-state index in [1.807, 2.05) is 4.90 Å². The van der Waals surface area contributed by atoms with Crippen LogP contribution in [0.2, 0.25) is 0 Å². The van der Waals surface area contributed by atoms with Crippen LogP contribution in [0.4, 0.5) is 0 Å². The predicted octanol–water partition coefficient (Wildman–Crippen LogP) is 4.14. The summed E-state index contributed by atoms with van der Waals surface area (Å²) in [6.45, 7) is 5.86. The fourth-order valence-electron chi connectivity index (χ4n) is 2.96. The van der Waals surface area contributed by atoms with Gasteiger partial charge in [0.1, 0.15) is 0 Å². The second kappa shape index (κ2) is 9.80. The molecule has 0 N–H and O–H groups in total. The molecule has 0 saturated carbocycles. The molecule has 3 heteroatoms. The van der Waals surface area contributed by atoms with Gasteiger partial charge < -0.3 is 4.90 Å². The van der Waals surface area contributed by atoms with Crippen LogP contribution in [-0.4, -0.2) is 23.9 Å². The van der Waals surface area contributed by atoms with E-state index in [2.05, 4.69) is 19.9 Å². The summed E-state index contributed by atoms with van der Waals surface area (Å²) in [7, 11) is 0. The summed E-state index contributed by atoms with van der Waals surface area (Å²) in [4.78, 5) is 14.1. The van der Waals surface area contributed by atoms with Crippen molar-refractivity contribution in [3.8, 4) is 6.07 Å². The largest absolute Gasteiger partial charge is 0.341 e. The topological polar surface area (TPSA) is 44.1 Å². The second-order valence-electron chi connectivity index (χ2n) is 6.14. The number of nitriles is 1. The third-order valence-electron chi connectivity index (χ3n) is 4.48. The minimum absolute atomic E-state index is 0.0630. The number of unbranched alkanes of at least 4 members (excludes halogenated alkanes) is 4. The lowest BCUT2D eigenvalue weighted by molar-refractivity contribution is -0.131. The molecule has 0 aliphatic carbocycles. The first-order chi connectivity index (χ1) is 9.71. The first kappa shape index (κ1) is 17.0. The van der Waals surface area contributed by atoms with Gasteiger partial charge in [-0.3, -0.25) is 4.79 Å². The molecule has 0 aromatic rings. The van der Waals surface area contributed by atoms with Crippen LogP contribution in [0.3, 0.4) is 0 Å². The standard InChI is InChI=1S/C17H30N2O/c1-3-5-6-7-8-9-15(4-2)12-17(20)19-11-10-16(13-18)14-19/h15-16H,3-12,14H2,1-2H3. The summed E-state index contributed by atoms with van der Waals surface area (Å²) in [6.07, 6.45) is 10.3. The lowest BCUT2D eigenvalue weighted by Gasteiger charge is -2.20. The summed E-state index contributed by atoms with van der Waals surface area (Å²) >= 11 is 0. The van der Waals surface area contributed by atoms with Crippen LogP contribution in [0.25, 0.3) is 0 Å². The zero-order chi connectivity index (χ0) is 14.8. The molecule has 1 aliphatic heterocycles. The van der Waals surface area contributed by atoms with Crippen molar-refractivity contribution in [1.82, 2.24) is 4.90 Å². The van der Waals surface area contributed by atoms with Crippen molar-refractivity contribution < 1.29 is 4.79 Å². The van der Waals surface area contributed by atoms with Gasteiger partial charge in [-0.25, -0.2) is 0 Å². The number of nitrogens with zero attached hydrogens (tertiary/aromatic N) is 2. The zero-order valence-corrected chi connectivity index (χ0v) is 13.2. The Morgan fingerprint density at radius 1 is 1.30 bits per heavy atom. The van der Waals surface area contributed by atoms with Crippen LogP contribution in [-0.2, 0) is 4.79 Å². The molecule has 0 spiro atoms. The van der Waals surface area contributed by atoms with Crippen LogP contribution >= 0.6 is 0 Å². The van der Waals surface area contributed by atoms with Gasteiger partial charge in [-0.15, -0.1) is 0 Å². The van der Waals surface area contributed by atoms with Crippen LogP contribution in [0, 0.1) is 23.2 Å². The van der Waals surface area contributed by atoms with Gasteiger partial charge in [-0.2, -0.15) is 5.26 Å². The highest BCUT2D eigenvalue weighted by Crippen LogP contribution is 2.22. The van der Waals surface area contributed by atoms with E-state index in [1.54, 1.807) is 0 Å². The van der Waals surface area contributed by atoms with Gasteiger partial charge in [0, 0.05) is 19.5 Å². The van der Waals surface area contributed by atoms with E-state index in [4.69, 9.17) is 5.26 Å². The Kier molecular flexibility index (Phi) is 8.34. The lowest BCUT2D eigenvalue weighted by atomic mass is 9.94. The molecule has 1 rings (SSSR count). The molecule has 0 bridgehead atoms. The molecule has 0 aromatic carbocycles. The molecular weight excluding hydrogens is 248 g/mol. The molecule has 1 amide bonds. The quantitative estimate of drug-likeness (QED) is 0.595. The first-order valence-corrected chi connectivity index (χ1v) is 8.38. The number of likely N-dealkylation sites (tertiary alicyclic amines) is 1. The van der Waals surface area contributed by atoms with Gasteiger partial charge in [0.15, 0.2) is 0 Å². The van der Waals surface area contributed by atoms with Gasteiger partial charge in [-0.1, -0.05) is 52.4 Å². The first-order valence-electron chi connectivity index (χ1n) is 8.38. The summed E-state index contributed by atoms with van der Waals surface area (Å²) in [6, 6.07) is 2.28. The SMILES string of the molecule is CCCCCCCC(CC)CC(=O)N1CCC(C#N)C1. The van der Waals surface area contributed by atoms with Gasteiger partial charge in [0.2, 0.25) is 5.91 Å². The minimum atomic E-state index is 0.0630. The highest BCUT2D eigenvalue weighted by atomic mass is 16.2. The minimum Gasteiger partial charge on any atom is -0.341 e. The van der Waals surface area contributed by atoms with E-state index >= 15 is 0 Å². The maximum atomic E-state index is 12.2. The highest BCUT2D eigenvalue weighted by molar-refractivity contribution is 5.76. The van der Waals surface area contributed by atoms with Gasteiger partial charge >= 0.3 is 0 Å². The van der Waals surface area contributed by atoms with Crippen molar-refractivity contribution in [2.24, 2.45) is 11.8 Å². The van der Waals surface area contributed by atoms with Gasteiger partial charge in [0.05, 0.1) is 12.0 Å². The molecule has 2 unspecified atom stereocenters. The Bertz CT molecular complexity index is 321. The summed E-state index contributed by atoms with van der Waals surface area (Å²) in [5.41, 5.74) is 0. The average molecular weight is 278 g/mol. The van der Waals surface area contributed by atoms with Crippen molar-refractivity contribution in [2.45, 2.75) is 71.6 Å². The lowest BCUT2D eigenvalue weighted by Crippen LogP contribution is -2.30. The molecule has 1 heterocycles. The number of hydrogen-bond acceptors (Lipinski definition) is 2. The molecule has 2 atom stereocenters.